The van der Waals surface area contributed by atoms with E-state index in [1.807, 2.05) is 18.3 Å². The van der Waals surface area contributed by atoms with Crippen molar-refractivity contribution in [3.8, 4) is 44.6 Å². The molecule has 56 heavy (non-hydrogen) atoms. The normalized spacial score (nSPS) is 11.9. The van der Waals surface area contributed by atoms with Crippen LogP contribution < -0.4 is 0 Å². The molecule has 0 bridgehead atoms. The maximum Gasteiger partial charge on any atom is 0.147 e. The summed E-state index contributed by atoms with van der Waals surface area (Å²) in [6.45, 7) is 0. The lowest BCUT2D eigenvalue weighted by atomic mass is 9.96. The summed E-state index contributed by atoms with van der Waals surface area (Å²) in [7, 11) is 0. The van der Waals surface area contributed by atoms with Crippen LogP contribution in [0.5, 0.6) is 0 Å². The van der Waals surface area contributed by atoms with Gasteiger partial charge in [-0.1, -0.05) is 164 Å². The number of benzene rings is 9. The molecule has 0 atom stereocenters. The van der Waals surface area contributed by atoms with Crippen LogP contribution in [0.2, 0.25) is 0 Å². The van der Waals surface area contributed by atoms with Crippen LogP contribution in [0.3, 0.4) is 0 Å². The third-order valence-electron chi connectivity index (χ3n) is 11.3. The summed E-state index contributed by atoms with van der Waals surface area (Å²) in [6.07, 6.45) is 1.90. The van der Waals surface area contributed by atoms with E-state index >= 15 is 0 Å². The Labute approximate surface area is 320 Å². The molecule has 0 aliphatic carbocycles. The van der Waals surface area contributed by atoms with Crippen LogP contribution in [0.15, 0.2) is 191 Å². The zero-order valence-corrected chi connectivity index (χ0v) is 30.0. The number of furan rings is 2. The third kappa shape index (κ3) is 4.53. The number of rotatable bonds is 4. The molecule has 0 unspecified atom stereocenters. The van der Waals surface area contributed by atoms with E-state index in [0.29, 0.717) is 0 Å². The van der Waals surface area contributed by atoms with E-state index in [2.05, 4.69) is 164 Å². The van der Waals surface area contributed by atoms with Crippen LogP contribution in [-0.4, -0.2) is 9.97 Å². The van der Waals surface area contributed by atoms with E-state index < -0.39 is 0 Å². The highest BCUT2D eigenvalue weighted by Gasteiger charge is 2.23. The van der Waals surface area contributed by atoms with Gasteiger partial charge in [-0.2, -0.15) is 0 Å². The molecule has 0 amide bonds. The summed E-state index contributed by atoms with van der Waals surface area (Å²) < 4.78 is 14.0. The van der Waals surface area contributed by atoms with Gasteiger partial charge in [0.1, 0.15) is 22.3 Å². The second-order valence-electron chi connectivity index (χ2n) is 14.4. The highest BCUT2D eigenvalue weighted by Crippen LogP contribution is 2.47. The molecule has 4 heteroatoms. The number of para-hydroxylation sites is 2. The first-order valence-corrected chi connectivity index (χ1v) is 18.9. The Bertz CT molecular complexity index is 3490. The highest BCUT2D eigenvalue weighted by molar-refractivity contribution is 6.25. The molecule has 0 radical (unpaired) electrons. The van der Waals surface area contributed by atoms with Crippen molar-refractivity contribution in [2.24, 2.45) is 0 Å². The van der Waals surface area contributed by atoms with Crippen molar-refractivity contribution in [2.45, 2.75) is 0 Å². The van der Waals surface area contributed by atoms with Crippen LogP contribution in [0.4, 0.5) is 0 Å². The first-order chi connectivity index (χ1) is 27.8. The Balaban J connectivity index is 1.07. The van der Waals surface area contributed by atoms with Gasteiger partial charge in [0.2, 0.25) is 0 Å². The third-order valence-corrected chi connectivity index (χ3v) is 11.3. The smallest absolute Gasteiger partial charge is 0.147 e. The molecule has 9 aromatic carbocycles. The number of nitrogens with zero attached hydrogens (tertiary/aromatic N) is 2. The van der Waals surface area contributed by atoms with Gasteiger partial charge >= 0.3 is 0 Å². The molecule has 3 heterocycles. The van der Waals surface area contributed by atoms with Crippen LogP contribution in [0.1, 0.15) is 0 Å². The molecule has 260 valence electrons. The molecule has 0 aliphatic rings. The molecule has 0 spiro atoms. The molecule has 4 nitrogen and oxygen atoms in total. The van der Waals surface area contributed by atoms with Crippen molar-refractivity contribution >= 4 is 76.5 Å². The average molecular weight is 715 g/mol. The van der Waals surface area contributed by atoms with Gasteiger partial charge in [-0.25, -0.2) is 4.98 Å². The fourth-order valence-electron chi connectivity index (χ4n) is 8.73. The van der Waals surface area contributed by atoms with Gasteiger partial charge in [-0.3, -0.25) is 4.98 Å². The molecular formula is C52H30N2O2. The van der Waals surface area contributed by atoms with Crippen molar-refractivity contribution in [3.05, 3.63) is 182 Å². The zero-order valence-electron chi connectivity index (χ0n) is 30.0. The highest BCUT2D eigenvalue weighted by atomic mass is 16.3. The Hall–Kier alpha value is -7.56. The molecule has 12 rings (SSSR count). The number of hydrogen-bond acceptors (Lipinski definition) is 4. The van der Waals surface area contributed by atoms with Gasteiger partial charge in [0, 0.05) is 49.0 Å². The van der Waals surface area contributed by atoms with Crippen molar-refractivity contribution in [3.63, 3.8) is 0 Å². The Morgan fingerprint density at radius 1 is 0.321 bits per heavy atom. The van der Waals surface area contributed by atoms with E-state index in [1.54, 1.807) is 0 Å². The van der Waals surface area contributed by atoms with Gasteiger partial charge < -0.3 is 8.83 Å². The summed E-state index contributed by atoms with van der Waals surface area (Å²) in [5.41, 5.74) is 13.2. The fourth-order valence-corrected chi connectivity index (χ4v) is 8.73. The second-order valence-corrected chi connectivity index (χ2v) is 14.4. The molecule has 3 aromatic heterocycles. The summed E-state index contributed by atoms with van der Waals surface area (Å²) >= 11 is 0. The Morgan fingerprint density at radius 3 is 1.45 bits per heavy atom. The lowest BCUT2D eigenvalue weighted by Crippen LogP contribution is -1.92. The predicted octanol–water partition coefficient (Wildman–Crippen LogP) is 14.4. The SMILES string of the molecule is c1ccc(-c2cccc3c2oc2c(-c4ccccc4)c4oc5c(-c6cccc(-c7cnc8c9ccccc9c9ccccc9c8n7)c6)cccc5c4cc23)cc1. The minimum atomic E-state index is 0.808. The van der Waals surface area contributed by atoms with Crippen LogP contribution in [0.25, 0.3) is 121 Å². The Kier molecular flexibility index (Phi) is 6.60. The second kappa shape index (κ2) is 12.0. The van der Waals surface area contributed by atoms with Crippen molar-refractivity contribution < 1.29 is 8.83 Å². The summed E-state index contributed by atoms with van der Waals surface area (Å²) in [5.74, 6) is 0. The maximum absolute atomic E-state index is 7.05. The number of fused-ring (bicyclic) bond motifs is 12. The summed E-state index contributed by atoms with van der Waals surface area (Å²) in [4.78, 5) is 10.3. The Morgan fingerprint density at radius 2 is 0.804 bits per heavy atom. The van der Waals surface area contributed by atoms with Crippen LogP contribution in [-0.2, 0) is 0 Å². The minimum absolute atomic E-state index is 0.808. The first kappa shape index (κ1) is 30.9. The topological polar surface area (TPSA) is 52.1 Å². The van der Waals surface area contributed by atoms with E-state index in [4.69, 9.17) is 18.8 Å². The zero-order chi connectivity index (χ0) is 36.7. The lowest BCUT2D eigenvalue weighted by molar-refractivity contribution is 0.659. The van der Waals surface area contributed by atoms with E-state index in [9.17, 15) is 0 Å². The van der Waals surface area contributed by atoms with E-state index in [0.717, 1.165) is 110 Å². The number of aromatic nitrogens is 2. The van der Waals surface area contributed by atoms with Gasteiger partial charge in [-0.05, 0) is 39.6 Å². The van der Waals surface area contributed by atoms with Crippen molar-refractivity contribution in [1.82, 2.24) is 9.97 Å². The largest absolute Gasteiger partial charge is 0.455 e. The summed E-state index contributed by atoms with van der Waals surface area (Å²) in [6, 6.07) is 61.5. The molecular weight excluding hydrogens is 685 g/mol. The maximum atomic E-state index is 7.05. The van der Waals surface area contributed by atoms with Gasteiger partial charge in [0.15, 0.2) is 0 Å². The van der Waals surface area contributed by atoms with E-state index in [-0.39, 0.29) is 0 Å². The monoisotopic (exact) mass is 714 g/mol. The summed E-state index contributed by atoms with van der Waals surface area (Å²) in [5, 5.41) is 8.83. The fraction of sp³-hybridized carbons (Fsp3) is 0. The average Bonchev–Trinajstić information content (AvgIpc) is 3.84. The van der Waals surface area contributed by atoms with Crippen LogP contribution in [0, 0.1) is 0 Å². The lowest BCUT2D eigenvalue weighted by Gasteiger charge is -2.11. The quantitative estimate of drug-likeness (QED) is 0.170. The number of hydrogen-bond donors (Lipinski definition) is 0. The van der Waals surface area contributed by atoms with Crippen molar-refractivity contribution in [1.29, 1.82) is 0 Å². The molecule has 0 fully saturated rings. The molecule has 12 aromatic rings. The molecule has 0 N–H and O–H groups in total. The molecule has 0 saturated heterocycles. The van der Waals surface area contributed by atoms with E-state index in [1.165, 1.54) is 10.8 Å². The van der Waals surface area contributed by atoms with Crippen molar-refractivity contribution in [2.75, 3.05) is 0 Å². The first-order valence-electron chi connectivity index (χ1n) is 18.9. The molecule has 0 saturated carbocycles. The van der Waals surface area contributed by atoms with Gasteiger partial charge in [-0.15, -0.1) is 0 Å². The van der Waals surface area contributed by atoms with Crippen LogP contribution >= 0.6 is 0 Å². The van der Waals surface area contributed by atoms with Gasteiger partial charge in [0.05, 0.1) is 28.5 Å². The molecule has 0 aliphatic heterocycles. The van der Waals surface area contributed by atoms with Gasteiger partial charge in [0.25, 0.3) is 0 Å². The minimum Gasteiger partial charge on any atom is -0.455 e. The predicted molar refractivity (Wildman–Crippen MR) is 231 cm³/mol. The standard InChI is InChI=1S/C52H30N2O2/c1-3-14-31(15-4-1)35-24-12-26-41-43-29-44-42-27-13-25-36(50(42)56-52(44)46(51(43)55-49(35)41)32-16-5-2-6-17-32)33-18-11-19-34(28-33)45-30-53-47-39-22-9-7-20-37(39)38-21-8-10-23-40(38)48(47)54-45/h1-30H.